The van der Waals surface area contributed by atoms with Crippen molar-refractivity contribution in [2.24, 2.45) is 0 Å². The third-order valence-electron chi connectivity index (χ3n) is 3.03. The number of hydrogen-bond donors (Lipinski definition) is 1. The van der Waals surface area contributed by atoms with Gasteiger partial charge >= 0.3 is 0 Å². The fourth-order valence-electron chi connectivity index (χ4n) is 1.84. The molecular formula is C15H19BrO5. The van der Waals surface area contributed by atoms with Gasteiger partial charge in [0.15, 0.2) is 17.3 Å². The fraction of sp³-hybridized carbons (Fsp3) is 0.467. The van der Waals surface area contributed by atoms with Crippen molar-refractivity contribution >= 4 is 27.5 Å². The summed E-state index contributed by atoms with van der Waals surface area (Å²) in [4.78, 5) is 23.6. The minimum absolute atomic E-state index is 0.0128. The van der Waals surface area contributed by atoms with Gasteiger partial charge in [-0.2, -0.15) is 0 Å². The second-order valence-electron chi connectivity index (χ2n) is 4.50. The topological polar surface area (TPSA) is 72.8 Å². The lowest BCUT2D eigenvalue weighted by molar-refractivity contribution is -0.136. The smallest absolute Gasteiger partial charge is 0.202 e. The summed E-state index contributed by atoms with van der Waals surface area (Å²) in [5, 5.41) is 8.67. The number of benzene rings is 1. The average molecular weight is 359 g/mol. The molecule has 21 heavy (non-hydrogen) atoms. The van der Waals surface area contributed by atoms with Crippen molar-refractivity contribution in [3.8, 4) is 11.5 Å². The molecule has 0 atom stereocenters. The van der Waals surface area contributed by atoms with Crippen molar-refractivity contribution in [1.29, 1.82) is 0 Å². The van der Waals surface area contributed by atoms with Gasteiger partial charge in [0.1, 0.15) is 0 Å². The summed E-state index contributed by atoms with van der Waals surface area (Å²) in [6.45, 7) is 0.0305. The van der Waals surface area contributed by atoms with Crippen molar-refractivity contribution in [3.63, 3.8) is 0 Å². The number of aliphatic hydroxyl groups is 1. The maximum absolute atomic E-state index is 11.9. The Morgan fingerprint density at radius 1 is 1.10 bits per heavy atom. The Labute approximate surface area is 132 Å². The van der Waals surface area contributed by atoms with E-state index in [0.29, 0.717) is 34.4 Å². The second kappa shape index (κ2) is 8.79. The molecule has 1 N–H and O–H groups in total. The molecule has 0 spiro atoms. The largest absolute Gasteiger partial charge is 0.493 e. The fourth-order valence-corrected chi connectivity index (χ4v) is 2.30. The van der Waals surface area contributed by atoms with E-state index in [0.717, 1.165) is 0 Å². The van der Waals surface area contributed by atoms with Crippen LogP contribution in [-0.4, -0.2) is 37.5 Å². The third kappa shape index (κ3) is 5.13. The van der Waals surface area contributed by atoms with Gasteiger partial charge in [0, 0.05) is 23.9 Å². The molecule has 0 aliphatic carbocycles. The van der Waals surface area contributed by atoms with Gasteiger partial charge in [-0.05, 0) is 30.5 Å². The molecule has 0 aliphatic rings. The number of carbonyl (C=O) groups is 2. The Balaban J connectivity index is 2.78. The molecule has 0 saturated carbocycles. The van der Waals surface area contributed by atoms with Crippen LogP contribution in [0.3, 0.4) is 0 Å². The monoisotopic (exact) mass is 358 g/mol. The minimum atomic E-state index is -0.444. The first-order valence-electron chi connectivity index (χ1n) is 6.60. The van der Waals surface area contributed by atoms with Gasteiger partial charge in [-0.25, -0.2) is 0 Å². The Bertz CT molecular complexity index is 513. The second-order valence-corrected chi connectivity index (χ2v) is 5.36. The van der Waals surface area contributed by atoms with Gasteiger partial charge in [-0.1, -0.05) is 15.9 Å². The highest BCUT2D eigenvalue weighted by Crippen LogP contribution is 2.33. The molecule has 1 aromatic rings. The zero-order valence-corrected chi connectivity index (χ0v) is 13.7. The summed E-state index contributed by atoms with van der Waals surface area (Å²) in [6.07, 6.45) is 1.23. The zero-order valence-electron chi connectivity index (χ0n) is 12.1. The summed E-state index contributed by atoms with van der Waals surface area (Å²) in [5.41, 5.74) is 0.674. The van der Waals surface area contributed by atoms with E-state index in [1.54, 1.807) is 12.1 Å². The third-order valence-corrected chi connectivity index (χ3v) is 3.76. The van der Waals surface area contributed by atoms with Gasteiger partial charge in [-0.3, -0.25) is 9.59 Å². The van der Waals surface area contributed by atoms with Crippen LogP contribution in [0.5, 0.6) is 11.5 Å². The molecule has 5 nitrogen and oxygen atoms in total. The van der Waals surface area contributed by atoms with E-state index < -0.39 is 11.6 Å². The maximum atomic E-state index is 11.9. The Hall–Kier alpha value is -1.40. The van der Waals surface area contributed by atoms with Gasteiger partial charge in [0.2, 0.25) is 5.78 Å². The molecule has 0 radical (unpaired) electrons. The zero-order chi connectivity index (χ0) is 15.8. The van der Waals surface area contributed by atoms with Crippen molar-refractivity contribution < 1.29 is 24.2 Å². The average Bonchev–Trinajstić information content (AvgIpc) is 2.48. The van der Waals surface area contributed by atoms with Crippen LogP contribution < -0.4 is 9.47 Å². The summed E-state index contributed by atoms with van der Waals surface area (Å²) in [5.74, 6) is 0.206. The number of halogens is 1. The van der Waals surface area contributed by atoms with E-state index in [-0.39, 0.29) is 19.4 Å². The number of ether oxygens (including phenoxy) is 2. The summed E-state index contributed by atoms with van der Waals surface area (Å²) in [6, 6.07) is 3.39. The number of methoxy groups -OCH3 is 2. The quantitative estimate of drug-likeness (QED) is 0.541. The number of carbonyl (C=O) groups excluding carboxylic acids is 2. The number of aliphatic hydroxyl groups excluding tert-OH is 1. The van der Waals surface area contributed by atoms with E-state index >= 15 is 0 Å². The molecule has 1 rings (SSSR count). The first kappa shape index (κ1) is 17.7. The highest BCUT2D eigenvalue weighted by atomic mass is 79.9. The molecule has 1 aromatic carbocycles. The predicted octanol–water partition coefficient (Wildman–Crippen LogP) is 2.31. The van der Waals surface area contributed by atoms with Crippen LogP contribution in [0.4, 0.5) is 0 Å². The van der Waals surface area contributed by atoms with Crippen LogP contribution >= 0.6 is 15.9 Å². The van der Waals surface area contributed by atoms with Crippen LogP contribution in [0.15, 0.2) is 16.6 Å². The number of unbranched alkanes of at least 4 members (excludes halogenated alkanes) is 1. The maximum Gasteiger partial charge on any atom is 0.202 e. The van der Waals surface area contributed by atoms with E-state index in [4.69, 9.17) is 14.6 Å². The Kier molecular flexibility index (Phi) is 7.39. The lowest BCUT2D eigenvalue weighted by Gasteiger charge is -2.11. The van der Waals surface area contributed by atoms with Gasteiger partial charge in [0.05, 0.1) is 14.2 Å². The molecular weight excluding hydrogens is 340 g/mol. The molecule has 0 amide bonds. The van der Waals surface area contributed by atoms with Crippen molar-refractivity contribution in [2.75, 3.05) is 20.8 Å². The first-order chi connectivity index (χ1) is 10.0. The summed E-state index contributed by atoms with van der Waals surface area (Å²) in [7, 11) is 3.04. The van der Waals surface area contributed by atoms with E-state index in [9.17, 15) is 9.59 Å². The number of Topliss-reactive ketones (excluding diaryl/α,β-unsaturated/α-hetero) is 2. The van der Waals surface area contributed by atoms with Crippen LogP contribution in [0.2, 0.25) is 0 Å². The van der Waals surface area contributed by atoms with Gasteiger partial charge < -0.3 is 14.6 Å². The molecule has 0 unspecified atom stereocenters. The van der Waals surface area contributed by atoms with Crippen LogP contribution in [0.1, 0.15) is 24.8 Å². The lowest BCUT2D eigenvalue weighted by atomic mass is 10.0. The molecule has 0 heterocycles. The SMILES string of the molecule is COc1cc(Br)c(CC(=O)C(=O)CCCCO)cc1OC. The van der Waals surface area contributed by atoms with Crippen molar-refractivity contribution in [1.82, 2.24) is 0 Å². The molecule has 116 valence electrons. The summed E-state index contributed by atoms with van der Waals surface area (Å²) >= 11 is 3.36. The van der Waals surface area contributed by atoms with Gasteiger partial charge in [0.25, 0.3) is 0 Å². The standard InChI is InChI=1S/C15H19BrO5/c1-20-14-8-10(11(16)9-15(14)21-2)7-13(19)12(18)5-3-4-6-17/h8-9,17H,3-7H2,1-2H3. The summed E-state index contributed by atoms with van der Waals surface area (Å²) < 4.78 is 11.0. The van der Waals surface area contributed by atoms with Crippen LogP contribution in [-0.2, 0) is 16.0 Å². The minimum Gasteiger partial charge on any atom is -0.493 e. The van der Waals surface area contributed by atoms with Crippen molar-refractivity contribution in [3.05, 3.63) is 22.2 Å². The molecule has 0 aromatic heterocycles. The normalized spacial score (nSPS) is 10.3. The number of hydrogen-bond acceptors (Lipinski definition) is 5. The Morgan fingerprint density at radius 2 is 1.71 bits per heavy atom. The highest BCUT2D eigenvalue weighted by Gasteiger charge is 2.17. The molecule has 0 fully saturated rings. The highest BCUT2D eigenvalue weighted by molar-refractivity contribution is 9.10. The molecule has 0 bridgehead atoms. The molecule has 6 heteroatoms. The lowest BCUT2D eigenvalue weighted by Crippen LogP contribution is -2.16. The van der Waals surface area contributed by atoms with Crippen molar-refractivity contribution in [2.45, 2.75) is 25.7 Å². The van der Waals surface area contributed by atoms with Crippen LogP contribution in [0, 0.1) is 0 Å². The van der Waals surface area contributed by atoms with E-state index in [1.807, 2.05) is 0 Å². The number of rotatable bonds is 9. The van der Waals surface area contributed by atoms with E-state index in [1.165, 1.54) is 14.2 Å². The van der Waals surface area contributed by atoms with Gasteiger partial charge in [-0.15, -0.1) is 0 Å². The van der Waals surface area contributed by atoms with E-state index in [2.05, 4.69) is 15.9 Å². The number of ketones is 2. The molecule has 0 aliphatic heterocycles. The first-order valence-corrected chi connectivity index (χ1v) is 7.40. The molecule has 0 saturated heterocycles. The predicted molar refractivity (Wildman–Crippen MR) is 81.9 cm³/mol. The Morgan fingerprint density at radius 3 is 2.29 bits per heavy atom. The van der Waals surface area contributed by atoms with Crippen LogP contribution in [0.25, 0.3) is 0 Å².